The van der Waals surface area contributed by atoms with Crippen LogP contribution in [0.25, 0.3) is 0 Å². The molecular weight excluding hydrogens is 196 g/mol. The molecule has 2 bridgehead atoms. The number of allylic oxidation sites excluding steroid dienone is 1. The lowest BCUT2D eigenvalue weighted by Gasteiger charge is -2.37. The third-order valence-corrected chi connectivity index (χ3v) is 4.94. The number of hydrogen-bond donors (Lipinski definition) is 1. The van der Waals surface area contributed by atoms with E-state index in [0.717, 1.165) is 12.3 Å². The standard InChI is InChI=1S/C15H24O/c1-5-12(16)6-7-13-14(2,3)11-8-9-15(13,4)10-11/h5,7,11-12,16H,1,6,8-10H2,2-4H3/b13-7-/t11-,12?,15+/m0/s1. The van der Waals surface area contributed by atoms with E-state index in [9.17, 15) is 5.11 Å². The number of rotatable bonds is 3. The third-order valence-electron chi connectivity index (χ3n) is 4.94. The van der Waals surface area contributed by atoms with E-state index in [2.05, 4.69) is 33.4 Å². The average molecular weight is 220 g/mol. The van der Waals surface area contributed by atoms with Crippen molar-refractivity contribution in [3.63, 3.8) is 0 Å². The Kier molecular flexibility index (Phi) is 2.78. The van der Waals surface area contributed by atoms with Gasteiger partial charge < -0.3 is 5.11 Å². The summed E-state index contributed by atoms with van der Waals surface area (Å²) in [4.78, 5) is 0. The molecule has 3 atom stereocenters. The van der Waals surface area contributed by atoms with Gasteiger partial charge >= 0.3 is 0 Å². The molecule has 1 N–H and O–H groups in total. The Morgan fingerprint density at radius 3 is 2.69 bits per heavy atom. The second-order valence-corrected chi connectivity index (χ2v) is 6.38. The van der Waals surface area contributed by atoms with Crippen molar-refractivity contribution in [2.45, 2.75) is 52.6 Å². The minimum Gasteiger partial charge on any atom is -0.389 e. The predicted molar refractivity (Wildman–Crippen MR) is 68.1 cm³/mol. The molecule has 2 aliphatic carbocycles. The molecule has 0 spiro atoms. The van der Waals surface area contributed by atoms with Crippen molar-refractivity contribution in [3.05, 3.63) is 24.3 Å². The van der Waals surface area contributed by atoms with E-state index in [0.29, 0.717) is 10.8 Å². The Hall–Kier alpha value is -0.560. The summed E-state index contributed by atoms with van der Waals surface area (Å²) in [6.07, 6.45) is 8.30. The van der Waals surface area contributed by atoms with Gasteiger partial charge in [0.05, 0.1) is 6.10 Å². The highest BCUT2D eigenvalue weighted by atomic mass is 16.3. The largest absolute Gasteiger partial charge is 0.389 e. The average Bonchev–Trinajstić information content (AvgIpc) is 2.68. The van der Waals surface area contributed by atoms with Gasteiger partial charge in [-0.3, -0.25) is 0 Å². The molecular formula is C15H24O. The Balaban J connectivity index is 2.22. The van der Waals surface area contributed by atoms with Crippen LogP contribution < -0.4 is 0 Å². The van der Waals surface area contributed by atoms with Gasteiger partial charge in [0.25, 0.3) is 0 Å². The van der Waals surface area contributed by atoms with Gasteiger partial charge in [0.2, 0.25) is 0 Å². The van der Waals surface area contributed by atoms with E-state index in [-0.39, 0.29) is 6.10 Å². The number of hydrogen-bond acceptors (Lipinski definition) is 1. The minimum atomic E-state index is -0.383. The fourth-order valence-electron chi connectivity index (χ4n) is 3.94. The first kappa shape index (κ1) is 11.9. The van der Waals surface area contributed by atoms with Gasteiger partial charge in [-0.25, -0.2) is 0 Å². The lowest BCUT2D eigenvalue weighted by atomic mass is 9.68. The van der Waals surface area contributed by atoms with E-state index in [1.165, 1.54) is 19.3 Å². The summed E-state index contributed by atoms with van der Waals surface area (Å²) in [5.41, 5.74) is 2.33. The second-order valence-electron chi connectivity index (χ2n) is 6.38. The smallest absolute Gasteiger partial charge is 0.0752 e. The van der Waals surface area contributed by atoms with Crippen molar-refractivity contribution in [1.82, 2.24) is 0 Å². The van der Waals surface area contributed by atoms with Crippen molar-refractivity contribution in [1.29, 1.82) is 0 Å². The molecule has 1 heteroatoms. The van der Waals surface area contributed by atoms with Crippen LogP contribution in [0.2, 0.25) is 0 Å². The van der Waals surface area contributed by atoms with Crippen LogP contribution in [0.1, 0.15) is 46.5 Å². The van der Waals surface area contributed by atoms with Crippen LogP contribution >= 0.6 is 0 Å². The van der Waals surface area contributed by atoms with E-state index >= 15 is 0 Å². The fourth-order valence-corrected chi connectivity index (χ4v) is 3.94. The number of aliphatic hydroxyl groups is 1. The zero-order chi connectivity index (χ0) is 12.0. The summed E-state index contributed by atoms with van der Waals surface area (Å²) in [7, 11) is 0. The van der Waals surface area contributed by atoms with Gasteiger partial charge in [-0.05, 0) is 42.4 Å². The van der Waals surface area contributed by atoms with Crippen molar-refractivity contribution in [3.8, 4) is 0 Å². The third kappa shape index (κ3) is 1.66. The van der Waals surface area contributed by atoms with E-state index < -0.39 is 0 Å². The van der Waals surface area contributed by atoms with Crippen molar-refractivity contribution in [2.75, 3.05) is 0 Å². The zero-order valence-electron chi connectivity index (χ0n) is 10.8. The first-order valence-corrected chi connectivity index (χ1v) is 6.42. The Labute approximate surface area is 99.3 Å². The predicted octanol–water partition coefficient (Wildman–Crippen LogP) is 3.70. The number of fused-ring (bicyclic) bond motifs is 2. The highest BCUT2D eigenvalue weighted by Gasteiger charge is 2.55. The maximum Gasteiger partial charge on any atom is 0.0752 e. The molecule has 2 rings (SSSR count). The van der Waals surface area contributed by atoms with E-state index in [1.54, 1.807) is 11.6 Å². The molecule has 0 heterocycles. The number of aliphatic hydroxyl groups excluding tert-OH is 1. The van der Waals surface area contributed by atoms with Crippen molar-refractivity contribution < 1.29 is 5.11 Å². The van der Waals surface area contributed by atoms with E-state index in [1.807, 2.05) is 0 Å². The molecule has 0 aromatic rings. The summed E-state index contributed by atoms with van der Waals surface area (Å²) in [5, 5.41) is 9.58. The zero-order valence-corrected chi connectivity index (χ0v) is 10.8. The molecule has 16 heavy (non-hydrogen) atoms. The summed E-state index contributed by atoms with van der Waals surface area (Å²) < 4.78 is 0. The van der Waals surface area contributed by atoms with Gasteiger partial charge in [0, 0.05) is 0 Å². The van der Waals surface area contributed by atoms with Gasteiger partial charge in [-0.1, -0.05) is 38.5 Å². The molecule has 2 fully saturated rings. The summed E-state index contributed by atoms with van der Waals surface area (Å²) in [6.45, 7) is 10.8. The van der Waals surface area contributed by atoms with Gasteiger partial charge in [-0.15, -0.1) is 6.58 Å². The van der Waals surface area contributed by atoms with Crippen LogP contribution in [0.4, 0.5) is 0 Å². The van der Waals surface area contributed by atoms with Crippen molar-refractivity contribution in [2.24, 2.45) is 16.7 Å². The van der Waals surface area contributed by atoms with Gasteiger partial charge in [0.15, 0.2) is 0 Å². The lowest BCUT2D eigenvalue weighted by molar-refractivity contribution is 0.223. The minimum absolute atomic E-state index is 0.341. The monoisotopic (exact) mass is 220 g/mol. The highest BCUT2D eigenvalue weighted by molar-refractivity contribution is 5.31. The molecule has 0 aromatic heterocycles. The molecule has 0 radical (unpaired) electrons. The maximum atomic E-state index is 9.58. The Morgan fingerprint density at radius 2 is 2.19 bits per heavy atom. The Bertz CT molecular complexity index is 320. The molecule has 2 aliphatic rings. The van der Waals surface area contributed by atoms with Crippen LogP contribution in [0, 0.1) is 16.7 Å². The van der Waals surface area contributed by atoms with Gasteiger partial charge in [0.1, 0.15) is 0 Å². The molecule has 1 nitrogen and oxygen atoms in total. The van der Waals surface area contributed by atoms with Crippen LogP contribution in [-0.4, -0.2) is 11.2 Å². The van der Waals surface area contributed by atoms with Crippen LogP contribution in [0.5, 0.6) is 0 Å². The molecule has 0 amide bonds. The second kappa shape index (κ2) is 3.73. The topological polar surface area (TPSA) is 20.2 Å². The first-order valence-electron chi connectivity index (χ1n) is 6.42. The fraction of sp³-hybridized carbons (Fsp3) is 0.733. The molecule has 90 valence electrons. The Morgan fingerprint density at radius 1 is 1.50 bits per heavy atom. The SMILES string of the molecule is C=CC(O)C/C=C1/C(C)(C)[C@H]2CC[C@]1(C)C2. The maximum absolute atomic E-state index is 9.58. The van der Waals surface area contributed by atoms with E-state index in [4.69, 9.17) is 0 Å². The summed E-state index contributed by atoms with van der Waals surface area (Å²) >= 11 is 0. The summed E-state index contributed by atoms with van der Waals surface area (Å²) in [6, 6.07) is 0. The molecule has 2 saturated carbocycles. The highest BCUT2D eigenvalue weighted by Crippen LogP contribution is 2.65. The van der Waals surface area contributed by atoms with Gasteiger partial charge in [-0.2, -0.15) is 0 Å². The quantitative estimate of drug-likeness (QED) is 0.719. The molecule has 1 unspecified atom stereocenters. The molecule has 0 aromatic carbocycles. The van der Waals surface area contributed by atoms with Crippen LogP contribution in [0.3, 0.4) is 0 Å². The van der Waals surface area contributed by atoms with Crippen LogP contribution in [-0.2, 0) is 0 Å². The molecule has 0 saturated heterocycles. The summed E-state index contributed by atoms with van der Waals surface area (Å²) in [5.74, 6) is 0.852. The first-order chi connectivity index (χ1) is 7.40. The molecule has 0 aliphatic heterocycles. The normalized spacial score (nSPS) is 40.2. The lowest BCUT2D eigenvalue weighted by Crippen LogP contribution is -2.26. The van der Waals surface area contributed by atoms with Crippen molar-refractivity contribution >= 4 is 0 Å². The van der Waals surface area contributed by atoms with Crippen LogP contribution in [0.15, 0.2) is 24.3 Å².